The quantitative estimate of drug-likeness (QED) is 0.653. The topological polar surface area (TPSA) is 9.23 Å². The molecule has 1 rings (SSSR count). The van der Waals surface area contributed by atoms with Gasteiger partial charge in [0.1, 0.15) is 0 Å². The van der Waals surface area contributed by atoms with Crippen LogP contribution < -0.4 is 0 Å². The van der Waals surface area contributed by atoms with E-state index in [-0.39, 0.29) is 5.60 Å². The summed E-state index contributed by atoms with van der Waals surface area (Å²) < 4.78 is 6.52. The molecule has 0 amide bonds. The fourth-order valence-electron chi connectivity index (χ4n) is 2.39. The minimum atomic E-state index is -1.35. The Morgan fingerprint density at radius 1 is 1.21 bits per heavy atom. The second kappa shape index (κ2) is 3.76. The predicted molar refractivity (Wildman–Crippen MR) is 68.8 cm³/mol. The average Bonchev–Trinajstić information content (AvgIpc) is 1.98. The van der Waals surface area contributed by atoms with Crippen molar-refractivity contribution in [2.75, 3.05) is 0 Å². The number of hydrogen-bond donors (Lipinski definition) is 0. The largest absolute Gasteiger partial charge is 0.415 e. The van der Waals surface area contributed by atoms with Crippen LogP contribution in [0.3, 0.4) is 0 Å². The molecule has 0 bridgehead atoms. The van der Waals surface area contributed by atoms with E-state index in [1.807, 2.05) is 0 Å². The molecule has 1 nitrogen and oxygen atoms in total. The second-order valence-corrected chi connectivity index (χ2v) is 21.4. The first-order valence-corrected chi connectivity index (χ1v) is 13.0. The normalized spacial score (nSPS) is 35.6. The summed E-state index contributed by atoms with van der Waals surface area (Å²) in [6.07, 6.45) is 3.80. The molecule has 1 aliphatic rings. The summed E-state index contributed by atoms with van der Waals surface area (Å²) in [6.45, 7) is 14.5. The molecule has 1 unspecified atom stereocenters. The summed E-state index contributed by atoms with van der Waals surface area (Å²) in [5.41, 5.74) is 0.215. The molecule has 1 fully saturated rings. The minimum absolute atomic E-state index is 0.215. The van der Waals surface area contributed by atoms with Crippen LogP contribution in [-0.4, -0.2) is 21.0 Å². The Morgan fingerprint density at radius 3 is 2.21 bits per heavy atom. The zero-order valence-electron chi connectivity index (χ0n) is 10.7. The zero-order valence-corrected chi connectivity index (χ0v) is 12.7. The van der Waals surface area contributed by atoms with E-state index in [1.54, 1.807) is 0 Å². The van der Waals surface area contributed by atoms with E-state index in [0.29, 0.717) is 0 Å². The van der Waals surface area contributed by atoms with Crippen LogP contribution in [0.15, 0.2) is 0 Å². The molecule has 0 saturated carbocycles. The SMILES string of the molecule is CCCC1(C)CC[Si](C)(C)[Si](C)(C)O1. The van der Waals surface area contributed by atoms with Crippen LogP contribution in [0.1, 0.15) is 33.1 Å². The Labute approximate surface area is 91.2 Å². The molecule has 0 aliphatic carbocycles. The lowest BCUT2D eigenvalue weighted by Gasteiger charge is -2.51. The maximum absolute atomic E-state index is 6.52. The third kappa shape index (κ3) is 2.31. The maximum Gasteiger partial charge on any atom is 0.174 e. The third-order valence-electron chi connectivity index (χ3n) is 4.19. The van der Waals surface area contributed by atoms with Crippen molar-refractivity contribution in [1.82, 2.24) is 0 Å². The molecule has 1 saturated heterocycles. The van der Waals surface area contributed by atoms with Crippen LogP contribution in [0.2, 0.25) is 32.2 Å². The molecule has 0 aromatic rings. The predicted octanol–water partition coefficient (Wildman–Crippen LogP) is 3.96. The van der Waals surface area contributed by atoms with Crippen LogP contribution in [0, 0.1) is 0 Å². The molecule has 1 atom stereocenters. The van der Waals surface area contributed by atoms with Gasteiger partial charge in [-0.15, -0.1) is 0 Å². The van der Waals surface area contributed by atoms with Gasteiger partial charge in [0.05, 0.1) is 13.2 Å². The van der Waals surface area contributed by atoms with E-state index >= 15 is 0 Å². The van der Waals surface area contributed by atoms with Crippen molar-refractivity contribution < 1.29 is 4.43 Å². The molecular weight excluding hydrogens is 204 g/mol. The average molecular weight is 230 g/mol. The highest BCUT2D eigenvalue weighted by Crippen LogP contribution is 2.40. The van der Waals surface area contributed by atoms with Gasteiger partial charge >= 0.3 is 0 Å². The van der Waals surface area contributed by atoms with E-state index in [1.165, 1.54) is 25.3 Å². The molecule has 84 valence electrons. The van der Waals surface area contributed by atoms with Crippen molar-refractivity contribution in [2.24, 2.45) is 0 Å². The molecule has 14 heavy (non-hydrogen) atoms. The van der Waals surface area contributed by atoms with Crippen LogP contribution in [0.25, 0.3) is 0 Å². The smallest absolute Gasteiger partial charge is 0.174 e. The molecule has 0 N–H and O–H groups in total. The fourth-order valence-corrected chi connectivity index (χ4v) is 9.61. The molecule has 3 heteroatoms. The molecule has 0 spiro atoms. The van der Waals surface area contributed by atoms with Crippen molar-refractivity contribution in [1.29, 1.82) is 0 Å². The Hall–Kier alpha value is 0.394. The molecule has 0 aromatic heterocycles. The zero-order chi connectivity index (χ0) is 11.0. The van der Waals surface area contributed by atoms with Crippen LogP contribution in [0.4, 0.5) is 0 Å². The van der Waals surface area contributed by atoms with Gasteiger partial charge in [0.15, 0.2) is 7.83 Å². The standard InChI is InChI=1S/C11H26OSi2/c1-7-8-11(2)9-10-13(3,4)14(5,6)12-11/h7-10H2,1-6H3. The Morgan fingerprint density at radius 2 is 1.79 bits per heavy atom. The van der Waals surface area contributed by atoms with Gasteiger partial charge in [0, 0.05) is 0 Å². The summed E-state index contributed by atoms with van der Waals surface area (Å²) in [5.74, 6) is 0. The number of hydrogen-bond acceptors (Lipinski definition) is 1. The van der Waals surface area contributed by atoms with Crippen molar-refractivity contribution in [3.05, 3.63) is 0 Å². The minimum Gasteiger partial charge on any atom is -0.415 e. The first-order valence-electron chi connectivity index (χ1n) is 5.93. The van der Waals surface area contributed by atoms with Crippen molar-refractivity contribution in [3.63, 3.8) is 0 Å². The monoisotopic (exact) mass is 230 g/mol. The maximum atomic E-state index is 6.52. The molecule has 0 aromatic carbocycles. The fraction of sp³-hybridized carbons (Fsp3) is 1.00. The lowest BCUT2D eigenvalue weighted by atomic mass is 9.98. The first kappa shape index (κ1) is 12.5. The van der Waals surface area contributed by atoms with E-state index in [9.17, 15) is 0 Å². The van der Waals surface area contributed by atoms with E-state index in [0.717, 1.165) is 0 Å². The van der Waals surface area contributed by atoms with E-state index in [2.05, 4.69) is 40.0 Å². The van der Waals surface area contributed by atoms with Gasteiger partial charge in [0.25, 0.3) is 0 Å². The summed E-state index contributed by atoms with van der Waals surface area (Å²) in [5, 5.41) is 0. The van der Waals surface area contributed by atoms with Crippen molar-refractivity contribution in [2.45, 2.75) is 70.9 Å². The van der Waals surface area contributed by atoms with Gasteiger partial charge in [-0.2, -0.15) is 0 Å². The summed E-state index contributed by atoms with van der Waals surface area (Å²) in [6, 6.07) is 1.47. The third-order valence-corrected chi connectivity index (χ3v) is 20.8. The van der Waals surface area contributed by atoms with E-state index < -0.39 is 15.4 Å². The van der Waals surface area contributed by atoms with Crippen LogP contribution in [0.5, 0.6) is 0 Å². The first-order chi connectivity index (χ1) is 6.22. The van der Waals surface area contributed by atoms with Gasteiger partial charge in [0.2, 0.25) is 0 Å². The van der Waals surface area contributed by atoms with Gasteiger partial charge in [-0.3, -0.25) is 0 Å². The van der Waals surface area contributed by atoms with E-state index in [4.69, 9.17) is 4.43 Å². The highest BCUT2D eigenvalue weighted by molar-refractivity contribution is 7.38. The molecule has 1 aliphatic heterocycles. The molecule has 0 radical (unpaired) electrons. The molecule has 1 heterocycles. The van der Waals surface area contributed by atoms with Gasteiger partial charge < -0.3 is 4.43 Å². The summed E-state index contributed by atoms with van der Waals surface area (Å²) in [7, 11) is -2.37. The Kier molecular flexibility index (Phi) is 3.35. The van der Waals surface area contributed by atoms with Crippen molar-refractivity contribution in [3.8, 4) is 0 Å². The highest BCUT2D eigenvalue weighted by Gasteiger charge is 2.50. The van der Waals surface area contributed by atoms with Crippen LogP contribution in [-0.2, 0) is 4.43 Å². The van der Waals surface area contributed by atoms with Gasteiger partial charge in [-0.25, -0.2) is 0 Å². The van der Waals surface area contributed by atoms with Crippen LogP contribution >= 0.6 is 0 Å². The second-order valence-electron chi connectivity index (χ2n) is 6.20. The summed E-state index contributed by atoms with van der Waals surface area (Å²) in [4.78, 5) is 0. The lowest BCUT2D eigenvalue weighted by Crippen LogP contribution is -2.64. The van der Waals surface area contributed by atoms with Crippen molar-refractivity contribution >= 4 is 15.4 Å². The van der Waals surface area contributed by atoms with Gasteiger partial charge in [-0.1, -0.05) is 32.5 Å². The summed E-state index contributed by atoms with van der Waals surface area (Å²) >= 11 is 0. The number of rotatable bonds is 2. The Bertz CT molecular complexity index is 213. The Balaban J connectivity index is 2.76. The lowest BCUT2D eigenvalue weighted by molar-refractivity contribution is 0.0628. The molecular formula is C11H26OSi2. The highest BCUT2D eigenvalue weighted by atomic mass is 29.3. The van der Waals surface area contributed by atoms with Gasteiger partial charge in [-0.05, 0) is 32.9 Å².